The Bertz CT molecular complexity index is 2080. The molecule has 8 rings (SSSR count). The molecule has 0 fully saturated rings. The molecule has 6 aromatic carbocycles. The first-order valence-corrected chi connectivity index (χ1v) is 13.7. The fourth-order valence-corrected chi connectivity index (χ4v) is 6.79. The maximum Gasteiger partial charge on any atom is 0.0759 e. The number of fused-ring (bicyclic) bond motifs is 7. The lowest BCUT2D eigenvalue weighted by molar-refractivity contribution is 0.662. The zero-order valence-corrected chi connectivity index (χ0v) is 22.1. The van der Waals surface area contributed by atoms with Crippen LogP contribution in [0.5, 0.6) is 0 Å². The van der Waals surface area contributed by atoms with E-state index in [2.05, 4.69) is 141 Å². The molecule has 0 atom stereocenters. The molecule has 1 nitrogen and oxygen atoms in total. The van der Waals surface area contributed by atoms with Crippen LogP contribution in [0.15, 0.2) is 127 Å². The van der Waals surface area contributed by atoms with E-state index in [0.29, 0.717) is 0 Å². The van der Waals surface area contributed by atoms with Crippen LogP contribution in [0.3, 0.4) is 0 Å². The van der Waals surface area contributed by atoms with Gasteiger partial charge < -0.3 is 0 Å². The number of hydrogen-bond acceptors (Lipinski definition) is 1. The van der Waals surface area contributed by atoms with Crippen LogP contribution in [0.2, 0.25) is 0 Å². The third-order valence-corrected chi connectivity index (χ3v) is 8.63. The highest BCUT2D eigenvalue weighted by Gasteiger charge is 2.39. The molecule has 0 aliphatic heterocycles. The molecule has 0 saturated heterocycles. The summed E-state index contributed by atoms with van der Waals surface area (Å²) in [6.07, 6.45) is 0. The Kier molecular flexibility index (Phi) is 4.63. The number of aromatic nitrogens is 1. The summed E-state index contributed by atoms with van der Waals surface area (Å²) in [5, 5.41) is 6.37. The van der Waals surface area contributed by atoms with Crippen LogP contribution in [-0.4, -0.2) is 4.98 Å². The van der Waals surface area contributed by atoms with E-state index in [1.165, 1.54) is 65.9 Å². The first-order valence-electron chi connectivity index (χ1n) is 13.7. The van der Waals surface area contributed by atoms with E-state index in [1.807, 2.05) is 0 Å². The van der Waals surface area contributed by atoms with E-state index < -0.39 is 0 Å². The maximum atomic E-state index is 5.21. The minimum Gasteiger partial charge on any atom is -0.247 e. The van der Waals surface area contributed by atoms with Gasteiger partial charge in [0.05, 0.1) is 11.2 Å². The molecule has 7 aromatic rings. The van der Waals surface area contributed by atoms with Crippen LogP contribution in [0.1, 0.15) is 25.0 Å². The molecule has 0 N–H and O–H groups in total. The molecule has 0 radical (unpaired) electrons. The molecule has 39 heavy (non-hydrogen) atoms. The Morgan fingerprint density at radius 3 is 1.95 bits per heavy atom. The van der Waals surface area contributed by atoms with Crippen LogP contribution in [0, 0.1) is 0 Å². The molecule has 0 unspecified atom stereocenters. The van der Waals surface area contributed by atoms with Crippen molar-refractivity contribution < 1.29 is 0 Å². The van der Waals surface area contributed by atoms with Crippen LogP contribution >= 0.6 is 0 Å². The molecular formula is C38H27N. The minimum atomic E-state index is -0.133. The van der Waals surface area contributed by atoms with E-state index in [1.54, 1.807) is 0 Å². The van der Waals surface area contributed by atoms with Gasteiger partial charge in [-0.25, -0.2) is 4.98 Å². The Morgan fingerprint density at radius 1 is 0.513 bits per heavy atom. The fourth-order valence-electron chi connectivity index (χ4n) is 6.79. The predicted molar refractivity (Wildman–Crippen MR) is 165 cm³/mol. The zero-order chi connectivity index (χ0) is 26.1. The molecule has 1 heterocycles. The minimum absolute atomic E-state index is 0.133. The first-order chi connectivity index (χ1) is 19.1. The zero-order valence-electron chi connectivity index (χ0n) is 22.1. The van der Waals surface area contributed by atoms with Crippen LogP contribution in [0.4, 0.5) is 0 Å². The summed E-state index contributed by atoms with van der Waals surface area (Å²) in [5.41, 5.74) is 11.0. The quantitative estimate of drug-likeness (QED) is 0.217. The summed E-state index contributed by atoms with van der Waals surface area (Å²) < 4.78 is 0. The van der Waals surface area contributed by atoms with Gasteiger partial charge in [0.25, 0.3) is 0 Å². The van der Waals surface area contributed by atoms with Gasteiger partial charge in [0.2, 0.25) is 0 Å². The molecule has 1 aromatic heterocycles. The van der Waals surface area contributed by atoms with Crippen LogP contribution in [-0.2, 0) is 5.41 Å². The number of hydrogen-bond donors (Lipinski definition) is 0. The van der Waals surface area contributed by atoms with Crippen molar-refractivity contribution in [3.05, 3.63) is 139 Å². The normalized spacial score (nSPS) is 13.6. The summed E-state index contributed by atoms with van der Waals surface area (Å²) in [6, 6.07) is 46.3. The van der Waals surface area contributed by atoms with Gasteiger partial charge >= 0.3 is 0 Å². The lowest BCUT2D eigenvalue weighted by atomic mass is 9.78. The van der Waals surface area contributed by atoms with Crippen molar-refractivity contribution in [1.29, 1.82) is 0 Å². The van der Waals surface area contributed by atoms with Crippen molar-refractivity contribution in [1.82, 2.24) is 4.98 Å². The second-order valence-corrected chi connectivity index (χ2v) is 11.2. The summed E-state index contributed by atoms with van der Waals surface area (Å²) in [4.78, 5) is 5.21. The van der Waals surface area contributed by atoms with Crippen LogP contribution < -0.4 is 0 Å². The van der Waals surface area contributed by atoms with Gasteiger partial charge in [-0.15, -0.1) is 0 Å². The van der Waals surface area contributed by atoms with Gasteiger partial charge in [-0.1, -0.05) is 129 Å². The predicted octanol–water partition coefficient (Wildman–Crippen LogP) is 10.2. The van der Waals surface area contributed by atoms with E-state index in [-0.39, 0.29) is 5.41 Å². The van der Waals surface area contributed by atoms with Crippen LogP contribution in [0.25, 0.3) is 66.0 Å². The highest BCUT2D eigenvalue weighted by atomic mass is 14.7. The monoisotopic (exact) mass is 497 g/mol. The molecule has 0 bridgehead atoms. The molecule has 1 heteroatoms. The summed E-state index contributed by atoms with van der Waals surface area (Å²) >= 11 is 0. The summed E-state index contributed by atoms with van der Waals surface area (Å²) in [5.74, 6) is 0. The van der Waals surface area contributed by atoms with Crippen molar-refractivity contribution in [3.63, 3.8) is 0 Å². The molecule has 184 valence electrons. The van der Waals surface area contributed by atoms with E-state index in [4.69, 9.17) is 4.98 Å². The highest BCUT2D eigenvalue weighted by Crippen LogP contribution is 2.53. The Hall–Kier alpha value is -4.75. The first kappa shape index (κ1) is 22.3. The van der Waals surface area contributed by atoms with Gasteiger partial charge in [0.1, 0.15) is 0 Å². The lowest BCUT2D eigenvalue weighted by Crippen LogP contribution is -2.16. The molecule has 1 aliphatic rings. The number of rotatable bonds is 2. The number of para-hydroxylation sites is 1. The van der Waals surface area contributed by atoms with Gasteiger partial charge in [-0.2, -0.15) is 0 Å². The van der Waals surface area contributed by atoms with Gasteiger partial charge in [-0.3, -0.25) is 0 Å². The molecule has 0 spiro atoms. The second kappa shape index (κ2) is 8.12. The number of benzene rings is 6. The molecule has 0 amide bonds. The van der Waals surface area contributed by atoms with Gasteiger partial charge in [0.15, 0.2) is 0 Å². The van der Waals surface area contributed by atoms with Crippen molar-refractivity contribution >= 4 is 32.4 Å². The largest absolute Gasteiger partial charge is 0.247 e. The van der Waals surface area contributed by atoms with E-state index in [0.717, 1.165) is 11.2 Å². The Balaban J connectivity index is 1.36. The van der Waals surface area contributed by atoms with Crippen molar-refractivity contribution in [2.24, 2.45) is 0 Å². The SMILES string of the molecule is CC1(C)c2ccccc2-c2nc3ccccc3c(-c3ccc(-c4cc5ccccc5c5ccccc45)cc3)c21. The summed E-state index contributed by atoms with van der Waals surface area (Å²) in [7, 11) is 0. The Labute approximate surface area is 228 Å². The molecular weight excluding hydrogens is 470 g/mol. The van der Waals surface area contributed by atoms with E-state index >= 15 is 0 Å². The third-order valence-electron chi connectivity index (χ3n) is 8.63. The highest BCUT2D eigenvalue weighted by molar-refractivity contribution is 6.14. The topological polar surface area (TPSA) is 12.9 Å². The third kappa shape index (κ3) is 3.17. The molecule has 0 saturated carbocycles. The average Bonchev–Trinajstić information content (AvgIpc) is 3.22. The summed E-state index contributed by atoms with van der Waals surface area (Å²) in [6.45, 7) is 4.68. The number of nitrogens with zero attached hydrogens (tertiary/aromatic N) is 1. The van der Waals surface area contributed by atoms with Crippen molar-refractivity contribution in [3.8, 4) is 33.5 Å². The van der Waals surface area contributed by atoms with E-state index in [9.17, 15) is 0 Å². The van der Waals surface area contributed by atoms with Gasteiger partial charge in [-0.05, 0) is 67.1 Å². The lowest BCUT2D eigenvalue weighted by Gasteiger charge is -2.25. The van der Waals surface area contributed by atoms with Crippen molar-refractivity contribution in [2.75, 3.05) is 0 Å². The molecule has 1 aliphatic carbocycles. The smallest absolute Gasteiger partial charge is 0.0759 e. The van der Waals surface area contributed by atoms with Gasteiger partial charge in [0, 0.05) is 16.4 Å². The number of pyridine rings is 1. The fraction of sp³-hybridized carbons (Fsp3) is 0.0789. The average molecular weight is 498 g/mol. The Morgan fingerprint density at radius 2 is 1.13 bits per heavy atom. The standard InChI is InChI=1S/C38H27N/c1-38(2)33-17-9-7-15-30(33)37-36(38)35(31-16-8-10-18-34(31)39-37)25-21-19-24(20-22-25)32-23-26-11-3-4-12-27(26)28-13-5-6-14-29(28)32/h3-23H,1-2H3. The van der Waals surface area contributed by atoms with Crippen molar-refractivity contribution in [2.45, 2.75) is 19.3 Å². The second-order valence-electron chi connectivity index (χ2n) is 11.2. The maximum absolute atomic E-state index is 5.21.